The number of carbonyl (C=O) groups excluding carboxylic acids is 4. The van der Waals surface area contributed by atoms with Crippen molar-refractivity contribution in [2.45, 2.75) is 163 Å². The molecule has 2 aromatic heterocycles. The minimum atomic E-state index is -1.96. The van der Waals surface area contributed by atoms with Crippen molar-refractivity contribution in [3.63, 3.8) is 0 Å². The Kier molecular flexibility index (Phi) is 20.0. The highest BCUT2D eigenvalue weighted by Crippen LogP contribution is 2.44. The fourth-order valence-corrected chi connectivity index (χ4v) is 8.41. The first-order valence-corrected chi connectivity index (χ1v) is 23.5. The number of aliphatic carboxylic acids is 1. The van der Waals surface area contributed by atoms with Gasteiger partial charge < -0.3 is 40.5 Å². The van der Waals surface area contributed by atoms with Crippen LogP contribution in [0.4, 0.5) is 10.2 Å². The van der Waals surface area contributed by atoms with Gasteiger partial charge in [0.25, 0.3) is 0 Å². The molecular formula is C44H72FN9O10S. The molecule has 0 aliphatic carbocycles. The van der Waals surface area contributed by atoms with Crippen LogP contribution in [0.2, 0.25) is 0 Å². The number of hydrogen-bond donors (Lipinski definition) is 4. The van der Waals surface area contributed by atoms with Gasteiger partial charge in [-0.25, -0.2) is 9.18 Å². The van der Waals surface area contributed by atoms with Crippen LogP contribution in [0.3, 0.4) is 0 Å². The summed E-state index contributed by atoms with van der Waals surface area (Å²) >= 11 is 1.50. The predicted molar refractivity (Wildman–Crippen MR) is 243 cm³/mol. The molecule has 0 radical (unpaired) electrons. The van der Waals surface area contributed by atoms with Gasteiger partial charge in [-0.05, 0) is 58.4 Å². The van der Waals surface area contributed by atoms with Gasteiger partial charge in [0.2, 0.25) is 17.7 Å². The number of nitrogens with one attached hydrogen (secondary N) is 1. The standard InChI is InChI=1S/C44H72FN9O10S/c1-11-33(57)53(23-25-65-24-18-35(59)60)44(9,10)42(5,6)28-54(34(58)12-2)43(7,8)41(3,4)19-20-47-32(56)15-13-14-29-26-51(50-49-29)21-17-36(61)64-38-30(27-55)63-39(37(38)45)52-22-16-31(46)48-40(52)62/h16,22,26,30,37-39,55H,11-15,17-21,23-25,27-28H2,1-10H3,(H,47,56)(H,59,60)(H2,46,48,62). The molecule has 21 heteroatoms. The van der Waals surface area contributed by atoms with Crippen molar-refractivity contribution < 1.29 is 48.0 Å². The molecule has 4 unspecified atom stereocenters. The molecule has 3 rings (SSSR count). The number of esters is 1. The van der Waals surface area contributed by atoms with Crippen molar-refractivity contribution >= 4 is 47.2 Å². The highest BCUT2D eigenvalue weighted by molar-refractivity contribution is 7.99. The first-order chi connectivity index (χ1) is 30.3. The number of rotatable bonds is 27. The molecule has 3 amide bonds. The summed E-state index contributed by atoms with van der Waals surface area (Å²) in [6.07, 6.45) is -1.03. The summed E-state index contributed by atoms with van der Waals surface area (Å²) in [4.78, 5) is 83.4. The number of aromatic nitrogens is 5. The van der Waals surface area contributed by atoms with Crippen molar-refractivity contribution in [1.82, 2.24) is 39.7 Å². The van der Waals surface area contributed by atoms with Gasteiger partial charge >= 0.3 is 17.6 Å². The summed E-state index contributed by atoms with van der Waals surface area (Å²) in [5.41, 5.74) is 2.93. The Balaban J connectivity index is 1.51. The second-order valence-corrected chi connectivity index (χ2v) is 20.0. The molecule has 65 heavy (non-hydrogen) atoms. The lowest BCUT2D eigenvalue weighted by Gasteiger charge is -2.56. The van der Waals surface area contributed by atoms with E-state index in [2.05, 4.69) is 48.3 Å². The first-order valence-electron chi connectivity index (χ1n) is 22.3. The van der Waals surface area contributed by atoms with Crippen LogP contribution >= 0.6 is 11.8 Å². The lowest BCUT2D eigenvalue weighted by atomic mass is 9.68. The molecule has 4 atom stereocenters. The number of nitrogens with zero attached hydrogens (tertiary/aromatic N) is 7. The number of carbonyl (C=O) groups is 5. The predicted octanol–water partition coefficient (Wildman–Crippen LogP) is 3.77. The molecular weight excluding hydrogens is 866 g/mol. The number of amides is 3. The molecule has 0 saturated carbocycles. The number of nitrogens with two attached hydrogens (primary N) is 1. The maximum atomic E-state index is 15.4. The Bertz CT molecular complexity index is 1990. The molecule has 1 aliphatic heterocycles. The summed E-state index contributed by atoms with van der Waals surface area (Å²) < 4.78 is 28.5. The molecule has 5 N–H and O–H groups in total. The highest BCUT2D eigenvalue weighted by atomic mass is 32.2. The highest BCUT2D eigenvalue weighted by Gasteiger charge is 2.51. The van der Waals surface area contributed by atoms with E-state index in [1.165, 1.54) is 28.7 Å². The molecule has 3 heterocycles. The van der Waals surface area contributed by atoms with Gasteiger partial charge in [-0.1, -0.05) is 46.8 Å². The molecule has 0 bridgehead atoms. The number of anilines is 1. The topological polar surface area (TPSA) is 254 Å². The lowest BCUT2D eigenvalue weighted by Crippen LogP contribution is -2.64. The van der Waals surface area contributed by atoms with E-state index in [0.717, 1.165) is 4.57 Å². The summed E-state index contributed by atoms with van der Waals surface area (Å²) in [5, 5.41) is 30.0. The minimum Gasteiger partial charge on any atom is -0.481 e. The van der Waals surface area contributed by atoms with Crippen LogP contribution in [-0.4, -0.2) is 141 Å². The normalized spacial score (nSPS) is 18.0. The Morgan fingerprint density at radius 2 is 1.62 bits per heavy atom. The van der Waals surface area contributed by atoms with E-state index in [4.69, 9.17) is 20.3 Å². The van der Waals surface area contributed by atoms with Gasteiger partial charge in [-0.15, -0.1) is 5.10 Å². The average Bonchev–Trinajstić information content (AvgIpc) is 3.82. The van der Waals surface area contributed by atoms with Gasteiger partial charge in [0.1, 0.15) is 11.9 Å². The first kappa shape index (κ1) is 54.7. The lowest BCUT2D eigenvalue weighted by molar-refractivity contribution is -0.155. The van der Waals surface area contributed by atoms with Crippen molar-refractivity contribution in [2.24, 2.45) is 10.8 Å². The average molecular weight is 938 g/mol. The number of aliphatic hydroxyl groups excluding tert-OH is 1. The molecule has 0 aromatic carbocycles. The number of ether oxygens (including phenoxy) is 2. The van der Waals surface area contributed by atoms with Crippen LogP contribution < -0.4 is 16.7 Å². The van der Waals surface area contributed by atoms with E-state index < -0.39 is 70.8 Å². The van der Waals surface area contributed by atoms with E-state index in [0.29, 0.717) is 68.9 Å². The van der Waals surface area contributed by atoms with Crippen LogP contribution in [-0.2, 0) is 46.4 Å². The Hall–Kier alpha value is -4.63. The fraction of sp³-hybridized carbons (Fsp3) is 0.750. The van der Waals surface area contributed by atoms with Crippen LogP contribution in [0.15, 0.2) is 23.3 Å². The zero-order valence-corrected chi connectivity index (χ0v) is 40.6. The summed E-state index contributed by atoms with van der Waals surface area (Å²) in [7, 11) is 0. The molecule has 0 spiro atoms. The van der Waals surface area contributed by atoms with E-state index >= 15 is 4.39 Å². The molecule has 1 fully saturated rings. The second-order valence-electron chi connectivity index (χ2n) is 18.7. The van der Waals surface area contributed by atoms with Gasteiger partial charge in [0.05, 0.1) is 31.7 Å². The number of halogens is 1. The second kappa shape index (κ2) is 23.7. The summed E-state index contributed by atoms with van der Waals surface area (Å²) in [6.45, 7) is 20.8. The number of aryl methyl sites for hydroxylation is 2. The number of aliphatic hydroxyl groups is 1. The Morgan fingerprint density at radius 3 is 2.23 bits per heavy atom. The van der Waals surface area contributed by atoms with E-state index in [-0.39, 0.29) is 49.3 Å². The third-order valence-corrected chi connectivity index (χ3v) is 14.2. The number of alkyl halides is 1. The van der Waals surface area contributed by atoms with Crippen molar-refractivity contribution in [1.29, 1.82) is 0 Å². The maximum absolute atomic E-state index is 15.4. The summed E-state index contributed by atoms with van der Waals surface area (Å²) in [5.74, 6) is -0.786. The van der Waals surface area contributed by atoms with Crippen molar-refractivity contribution in [3.8, 4) is 0 Å². The van der Waals surface area contributed by atoms with Gasteiger partial charge in [0.15, 0.2) is 18.5 Å². The zero-order valence-electron chi connectivity index (χ0n) is 39.8. The van der Waals surface area contributed by atoms with Crippen molar-refractivity contribution in [2.75, 3.05) is 43.5 Å². The minimum absolute atomic E-state index is 0.00782. The van der Waals surface area contributed by atoms with Gasteiger partial charge in [-0.2, -0.15) is 16.7 Å². The zero-order chi connectivity index (χ0) is 48.9. The number of carboxylic acids is 1. The molecule has 19 nitrogen and oxygen atoms in total. The monoisotopic (exact) mass is 938 g/mol. The van der Waals surface area contributed by atoms with Crippen LogP contribution in [0.1, 0.15) is 126 Å². The maximum Gasteiger partial charge on any atom is 0.351 e. The van der Waals surface area contributed by atoms with E-state index in [1.54, 1.807) is 6.20 Å². The number of hydrogen-bond acceptors (Lipinski definition) is 14. The molecule has 1 aliphatic rings. The van der Waals surface area contributed by atoms with Crippen LogP contribution in [0, 0.1) is 10.8 Å². The molecule has 1 saturated heterocycles. The Labute approximate surface area is 385 Å². The van der Waals surface area contributed by atoms with Crippen molar-refractivity contribution in [3.05, 3.63) is 34.6 Å². The third kappa shape index (κ3) is 14.4. The van der Waals surface area contributed by atoms with Crippen LogP contribution in [0.5, 0.6) is 0 Å². The Morgan fingerprint density at radius 1 is 0.969 bits per heavy atom. The largest absolute Gasteiger partial charge is 0.481 e. The molecule has 366 valence electrons. The van der Waals surface area contributed by atoms with E-state index in [1.807, 2.05) is 51.3 Å². The van der Waals surface area contributed by atoms with Gasteiger partial charge in [0, 0.05) is 79.3 Å². The smallest absolute Gasteiger partial charge is 0.351 e. The quantitative estimate of drug-likeness (QED) is 0.0735. The number of thioether (sulfide) groups is 1. The summed E-state index contributed by atoms with van der Waals surface area (Å²) in [6, 6.07) is 1.29. The van der Waals surface area contributed by atoms with E-state index in [9.17, 15) is 33.9 Å². The third-order valence-electron chi connectivity index (χ3n) is 13.2. The van der Waals surface area contributed by atoms with Crippen LogP contribution in [0.25, 0.3) is 0 Å². The molecule has 2 aromatic rings. The SMILES string of the molecule is CCC(=O)N(CC(C)(C)C(C)(C)N(CCSCCC(=O)O)C(=O)CC)C(C)(C)C(C)(C)CCNC(=O)CCCc1cn(CCC(=O)OC2C(CO)OC(n3ccc(N)nc3=O)C2F)nn1. The number of nitrogen functional groups attached to an aromatic ring is 1. The fourth-order valence-electron chi connectivity index (χ4n) is 7.58. The van der Waals surface area contributed by atoms with Gasteiger partial charge in [-0.3, -0.25) is 33.2 Å². The number of carboxylic acid groups (broad SMARTS) is 1.